The first-order valence-corrected chi connectivity index (χ1v) is 7.45. The monoisotopic (exact) mass is 270 g/mol. The maximum absolute atomic E-state index is 12.6. The molecule has 1 aromatic carbocycles. The summed E-state index contributed by atoms with van der Waals surface area (Å²) < 4.78 is 0. The molecule has 3 heteroatoms. The Morgan fingerprint density at radius 2 is 1.80 bits per heavy atom. The fourth-order valence-corrected chi connectivity index (χ4v) is 2.95. The second-order valence-electron chi connectivity index (χ2n) is 5.57. The Bertz CT molecular complexity index is 470. The van der Waals surface area contributed by atoms with Gasteiger partial charge in [0.2, 0.25) is 5.91 Å². The van der Waals surface area contributed by atoms with E-state index in [0.29, 0.717) is 6.04 Å². The first-order chi connectivity index (χ1) is 9.74. The van der Waals surface area contributed by atoms with Crippen molar-refractivity contribution in [2.45, 2.75) is 50.5 Å². The van der Waals surface area contributed by atoms with Gasteiger partial charge in [-0.2, -0.15) is 5.26 Å². The molecule has 0 saturated heterocycles. The summed E-state index contributed by atoms with van der Waals surface area (Å²) in [6.07, 6.45) is 7.03. The van der Waals surface area contributed by atoms with Crippen LogP contribution >= 0.6 is 0 Å². The van der Waals surface area contributed by atoms with E-state index in [9.17, 15) is 10.1 Å². The SMILES string of the molecule is CN(C(=O)C(C#N)c1ccccc1)C1CCCCCC1. The molecule has 1 amide bonds. The summed E-state index contributed by atoms with van der Waals surface area (Å²) >= 11 is 0. The van der Waals surface area contributed by atoms with Crippen LogP contribution < -0.4 is 0 Å². The Labute approximate surface area is 121 Å². The topological polar surface area (TPSA) is 44.1 Å². The number of amides is 1. The summed E-state index contributed by atoms with van der Waals surface area (Å²) in [4.78, 5) is 14.4. The highest BCUT2D eigenvalue weighted by atomic mass is 16.2. The van der Waals surface area contributed by atoms with E-state index >= 15 is 0 Å². The average molecular weight is 270 g/mol. The van der Waals surface area contributed by atoms with Crippen LogP contribution in [0, 0.1) is 11.3 Å². The van der Waals surface area contributed by atoms with Gasteiger partial charge >= 0.3 is 0 Å². The van der Waals surface area contributed by atoms with Crippen molar-refractivity contribution in [3.8, 4) is 6.07 Å². The Morgan fingerprint density at radius 3 is 2.35 bits per heavy atom. The van der Waals surface area contributed by atoms with Crippen molar-refractivity contribution in [1.29, 1.82) is 5.26 Å². The number of nitriles is 1. The van der Waals surface area contributed by atoms with Gasteiger partial charge in [-0.05, 0) is 18.4 Å². The molecule has 0 N–H and O–H groups in total. The summed E-state index contributed by atoms with van der Waals surface area (Å²) in [5.74, 6) is -0.741. The summed E-state index contributed by atoms with van der Waals surface area (Å²) in [6, 6.07) is 11.8. The van der Waals surface area contributed by atoms with E-state index in [1.807, 2.05) is 42.3 Å². The minimum absolute atomic E-state index is 0.0643. The van der Waals surface area contributed by atoms with Crippen molar-refractivity contribution in [2.75, 3.05) is 7.05 Å². The van der Waals surface area contributed by atoms with Crippen LogP contribution in [-0.4, -0.2) is 23.9 Å². The molecule has 1 fully saturated rings. The third-order valence-electron chi connectivity index (χ3n) is 4.23. The predicted octanol–water partition coefficient (Wildman–Crippen LogP) is 3.47. The lowest BCUT2D eigenvalue weighted by molar-refractivity contribution is -0.132. The van der Waals surface area contributed by atoms with Gasteiger partial charge in [-0.1, -0.05) is 56.0 Å². The standard InChI is InChI=1S/C17H22N2O/c1-19(15-11-7-2-3-8-12-15)17(20)16(13-18)14-9-5-4-6-10-14/h4-6,9-10,15-16H,2-3,7-8,11-12H2,1H3. The number of carbonyl (C=O) groups is 1. The molecule has 0 spiro atoms. The second kappa shape index (κ2) is 7.09. The summed E-state index contributed by atoms with van der Waals surface area (Å²) in [5.41, 5.74) is 0.792. The number of hydrogen-bond donors (Lipinski definition) is 0. The van der Waals surface area contributed by atoms with Gasteiger partial charge in [0, 0.05) is 13.1 Å². The van der Waals surface area contributed by atoms with E-state index in [1.165, 1.54) is 25.7 Å². The quantitative estimate of drug-likeness (QED) is 0.789. The van der Waals surface area contributed by atoms with Gasteiger partial charge in [-0.15, -0.1) is 0 Å². The van der Waals surface area contributed by atoms with Gasteiger partial charge < -0.3 is 4.90 Å². The van der Waals surface area contributed by atoms with Crippen LogP contribution in [0.5, 0.6) is 0 Å². The number of benzene rings is 1. The molecule has 3 nitrogen and oxygen atoms in total. The van der Waals surface area contributed by atoms with Crippen LogP contribution in [0.3, 0.4) is 0 Å². The molecule has 1 aliphatic carbocycles. The lowest BCUT2D eigenvalue weighted by Crippen LogP contribution is -2.39. The molecule has 106 valence electrons. The largest absolute Gasteiger partial charge is 0.341 e. The van der Waals surface area contributed by atoms with Gasteiger partial charge in [-0.3, -0.25) is 4.79 Å². The van der Waals surface area contributed by atoms with Crippen LogP contribution in [-0.2, 0) is 4.79 Å². The van der Waals surface area contributed by atoms with Gasteiger partial charge in [0.1, 0.15) is 5.92 Å². The first kappa shape index (κ1) is 14.6. The molecular weight excluding hydrogens is 248 g/mol. The molecule has 20 heavy (non-hydrogen) atoms. The third kappa shape index (κ3) is 3.39. The molecule has 0 aromatic heterocycles. The van der Waals surface area contributed by atoms with Crippen molar-refractivity contribution in [2.24, 2.45) is 0 Å². The zero-order chi connectivity index (χ0) is 14.4. The van der Waals surface area contributed by atoms with E-state index in [-0.39, 0.29) is 5.91 Å². The minimum Gasteiger partial charge on any atom is -0.341 e. The Kier molecular flexibility index (Phi) is 5.17. The lowest BCUT2D eigenvalue weighted by Gasteiger charge is -2.29. The summed E-state index contributed by atoms with van der Waals surface area (Å²) in [7, 11) is 1.85. The Morgan fingerprint density at radius 1 is 1.20 bits per heavy atom. The second-order valence-corrected chi connectivity index (χ2v) is 5.57. The van der Waals surface area contributed by atoms with Crippen LogP contribution in [0.1, 0.15) is 50.0 Å². The highest BCUT2D eigenvalue weighted by molar-refractivity contribution is 5.86. The zero-order valence-electron chi connectivity index (χ0n) is 12.1. The molecule has 1 aliphatic rings. The van der Waals surface area contributed by atoms with Crippen molar-refractivity contribution < 1.29 is 4.79 Å². The minimum atomic E-state index is -0.676. The molecule has 2 rings (SSSR count). The van der Waals surface area contributed by atoms with Gasteiger partial charge in [0.15, 0.2) is 0 Å². The number of rotatable bonds is 3. The van der Waals surface area contributed by atoms with Gasteiger partial charge in [0.25, 0.3) is 0 Å². The molecule has 0 aliphatic heterocycles. The van der Waals surface area contributed by atoms with E-state index in [4.69, 9.17) is 0 Å². The number of nitrogens with zero attached hydrogens (tertiary/aromatic N) is 2. The molecule has 1 aromatic rings. The van der Waals surface area contributed by atoms with Crippen LogP contribution in [0.25, 0.3) is 0 Å². The van der Waals surface area contributed by atoms with Gasteiger partial charge in [-0.25, -0.2) is 0 Å². The number of hydrogen-bond acceptors (Lipinski definition) is 2. The zero-order valence-corrected chi connectivity index (χ0v) is 12.1. The van der Waals surface area contributed by atoms with E-state index in [0.717, 1.165) is 18.4 Å². The highest BCUT2D eigenvalue weighted by Crippen LogP contribution is 2.24. The molecule has 0 bridgehead atoms. The predicted molar refractivity (Wildman–Crippen MR) is 79.1 cm³/mol. The fraction of sp³-hybridized carbons (Fsp3) is 0.529. The van der Waals surface area contributed by atoms with E-state index < -0.39 is 5.92 Å². The van der Waals surface area contributed by atoms with Crippen LogP contribution in [0.15, 0.2) is 30.3 Å². The van der Waals surface area contributed by atoms with Crippen LogP contribution in [0.4, 0.5) is 0 Å². The fourth-order valence-electron chi connectivity index (χ4n) is 2.95. The molecule has 1 atom stereocenters. The first-order valence-electron chi connectivity index (χ1n) is 7.45. The molecule has 1 unspecified atom stereocenters. The Hall–Kier alpha value is -1.82. The molecule has 1 saturated carbocycles. The Balaban J connectivity index is 2.10. The van der Waals surface area contributed by atoms with Crippen molar-refractivity contribution in [1.82, 2.24) is 4.90 Å². The van der Waals surface area contributed by atoms with E-state index in [2.05, 4.69) is 6.07 Å². The third-order valence-corrected chi connectivity index (χ3v) is 4.23. The molecule has 0 radical (unpaired) electrons. The summed E-state index contributed by atoms with van der Waals surface area (Å²) in [5, 5.41) is 9.36. The average Bonchev–Trinajstić information content (AvgIpc) is 2.77. The molecular formula is C17H22N2O. The normalized spacial score (nSPS) is 17.8. The van der Waals surface area contributed by atoms with Crippen molar-refractivity contribution in [3.05, 3.63) is 35.9 Å². The van der Waals surface area contributed by atoms with E-state index in [1.54, 1.807) is 0 Å². The smallest absolute Gasteiger partial charge is 0.244 e. The maximum Gasteiger partial charge on any atom is 0.244 e. The summed E-state index contributed by atoms with van der Waals surface area (Å²) in [6.45, 7) is 0. The van der Waals surface area contributed by atoms with Gasteiger partial charge in [0.05, 0.1) is 6.07 Å². The van der Waals surface area contributed by atoms with Crippen molar-refractivity contribution >= 4 is 5.91 Å². The van der Waals surface area contributed by atoms with Crippen LogP contribution in [0.2, 0.25) is 0 Å². The maximum atomic E-state index is 12.6. The highest BCUT2D eigenvalue weighted by Gasteiger charge is 2.28. The molecule has 0 heterocycles. The number of carbonyl (C=O) groups excluding carboxylic acids is 1. The van der Waals surface area contributed by atoms with Crippen molar-refractivity contribution in [3.63, 3.8) is 0 Å². The number of likely N-dealkylation sites (N-methyl/N-ethyl adjacent to an activating group) is 1. The lowest BCUT2D eigenvalue weighted by atomic mass is 9.97.